The largest absolute Gasteiger partial charge is 0.494 e. The summed E-state index contributed by atoms with van der Waals surface area (Å²) < 4.78 is 33.5. The third-order valence-electron chi connectivity index (χ3n) is 4.71. The number of aryl methyl sites for hydroxylation is 2. The lowest BCUT2D eigenvalue weighted by atomic mass is 10.1. The van der Waals surface area contributed by atoms with E-state index in [1.54, 1.807) is 42.5 Å². The molecule has 32 heavy (non-hydrogen) atoms. The average Bonchev–Trinajstić information content (AvgIpc) is 2.75. The number of sulfonamides is 1. The number of halogens is 1. The Hall–Kier alpha value is -3.03. The number of carbonyl (C=O) groups excluding carboxylic acids is 1. The van der Waals surface area contributed by atoms with Crippen molar-refractivity contribution < 1.29 is 17.9 Å². The van der Waals surface area contributed by atoms with Crippen LogP contribution in [0.15, 0.2) is 71.6 Å². The summed E-state index contributed by atoms with van der Waals surface area (Å²) in [5.41, 5.74) is 2.97. The van der Waals surface area contributed by atoms with Gasteiger partial charge in [-0.25, -0.2) is 8.42 Å². The molecule has 0 fully saturated rings. The molecule has 0 unspecified atom stereocenters. The number of benzene rings is 3. The van der Waals surface area contributed by atoms with Crippen molar-refractivity contribution in [3.8, 4) is 5.75 Å². The second kappa shape index (κ2) is 10.5. The number of carbonyl (C=O) groups is 1. The summed E-state index contributed by atoms with van der Waals surface area (Å²) in [5.74, 6) is 0.523. The summed E-state index contributed by atoms with van der Waals surface area (Å²) in [6.45, 7) is 4.20. The maximum atomic E-state index is 12.7. The van der Waals surface area contributed by atoms with Gasteiger partial charge in [-0.15, -0.1) is 0 Å². The molecule has 3 aromatic carbocycles. The van der Waals surface area contributed by atoms with Crippen LogP contribution >= 0.6 is 11.6 Å². The van der Waals surface area contributed by atoms with Crippen LogP contribution in [0.2, 0.25) is 5.02 Å². The van der Waals surface area contributed by atoms with E-state index in [1.807, 2.05) is 26.0 Å². The van der Waals surface area contributed by atoms with Crippen molar-refractivity contribution in [1.29, 1.82) is 0 Å². The Bertz CT molecular complexity index is 1180. The summed E-state index contributed by atoms with van der Waals surface area (Å²) in [4.78, 5) is 12.3. The van der Waals surface area contributed by atoms with Gasteiger partial charge in [0.2, 0.25) is 5.91 Å². The standard InChI is InChI=1S/C24H25ClN2O4S/c1-17-5-14-23(18(2)16-17)27-32(29,30)22-12-8-20(9-13-22)26-24(28)4-3-15-31-21-10-6-19(25)7-11-21/h5-14,16,27H,3-4,15H2,1-2H3,(H,26,28). The molecule has 3 aromatic rings. The van der Waals surface area contributed by atoms with Crippen LogP contribution in [0.25, 0.3) is 0 Å². The van der Waals surface area contributed by atoms with Crippen molar-refractivity contribution in [2.24, 2.45) is 0 Å². The van der Waals surface area contributed by atoms with Gasteiger partial charge in [0, 0.05) is 17.1 Å². The second-order valence-electron chi connectivity index (χ2n) is 7.40. The van der Waals surface area contributed by atoms with E-state index < -0.39 is 10.0 Å². The highest BCUT2D eigenvalue weighted by Gasteiger charge is 2.15. The van der Waals surface area contributed by atoms with Crippen LogP contribution < -0.4 is 14.8 Å². The van der Waals surface area contributed by atoms with E-state index in [2.05, 4.69) is 10.0 Å². The van der Waals surface area contributed by atoms with Crippen LogP contribution in [0.3, 0.4) is 0 Å². The highest BCUT2D eigenvalue weighted by molar-refractivity contribution is 7.92. The predicted octanol–water partition coefficient (Wildman–Crippen LogP) is 5.56. The molecule has 0 saturated heterocycles. The first kappa shape index (κ1) is 23.6. The number of nitrogens with one attached hydrogen (secondary N) is 2. The second-order valence-corrected chi connectivity index (χ2v) is 9.52. The molecule has 0 saturated carbocycles. The van der Waals surface area contributed by atoms with Gasteiger partial charge >= 0.3 is 0 Å². The lowest BCUT2D eigenvalue weighted by Gasteiger charge is -2.12. The van der Waals surface area contributed by atoms with E-state index in [4.69, 9.17) is 16.3 Å². The molecule has 0 radical (unpaired) electrons. The van der Waals surface area contributed by atoms with E-state index in [1.165, 1.54) is 12.1 Å². The van der Waals surface area contributed by atoms with Crippen molar-refractivity contribution in [2.75, 3.05) is 16.6 Å². The highest BCUT2D eigenvalue weighted by Crippen LogP contribution is 2.22. The smallest absolute Gasteiger partial charge is 0.261 e. The Balaban J connectivity index is 1.49. The average molecular weight is 473 g/mol. The van der Waals surface area contributed by atoms with E-state index in [0.29, 0.717) is 35.2 Å². The number of rotatable bonds is 9. The van der Waals surface area contributed by atoms with Gasteiger partial charge in [-0.3, -0.25) is 9.52 Å². The lowest BCUT2D eigenvalue weighted by Crippen LogP contribution is -2.15. The number of ether oxygens (including phenoxy) is 1. The maximum Gasteiger partial charge on any atom is 0.261 e. The summed E-state index contributed by atoms with van der Waals surface area (Å²) in [5, 5.41) is 3.40. The van der Waals surface area contributed by atoms with Crippen molar-refractivity contribution in [1.82, 2.24) is 0 Å². The van der Waals surface area contributed by atoms with Gasteiger partial charge in [0.25, 0.3) is 10.0 Å². The quantitative estimate of drug-likeness (QED) is 0.399. The third-order valence-corrected chi connectivity index (χ3v) is 6.34. The first-order chi connectivity index (χ1) is 15.2. The van der Waals surface area contributed by atoms with Crippen molar-refractivity contribution in [3.05, 3.63) is 82.9 Å². The van der Waals surface area contributed by atoms with Crippen molar-refractivity contribution >= 4 is 38.9 Å². The van der Waals surface area contributed by atoms with E-state index in [-0.39, 0.29) is 17.2 Å². The molecule has 0 spiro atoms. The summed E-state index contributed by atoms with van der Waals surface area (Å²) in [7, 11) is -3.73. The topological polar surface area (TPSA) is 84.5 Å². The summed E-state index contributed by atoms with van der Waals surface area (Å²) in [6, 6.07) is 18.6. The zero-order valence-electron chi connectivity index (χ0n) is 17.9. The fourth-order valence-corrected chi connectivity index (χ4v) is 4.28. The first-order valence-electron chi connectivity index (χ1n) is 10.1. The molecule has 2 N–H and O–H groups in total. The first-order valence-corrected chi connectivity index (χ1v) is 12.0. The van der Waals surface area contributed by atoms with E-state index in [9.17, 15) is 13.2 Å². The van der Waals surface area contributed by atoms with Crippen LogP contribution in [0.5, 0.6) is 5.75 Å². The summed E-state index contributed by atoms with van der Waals surface area (Å²) >= 11 is 5.83. The fraction of sp³-hybridized carbons (Fsp3) is 0.208. The maximum absolute atomic E-state index is 12.7. The molecule has 0 aromatic heterocycles. The van der Waals surface area contributed by atoms with Crippen LogP contribution in [-0.4, -0.2) is 20.9 Å². The lowest BCUT2D eigenvalue weighted by molar-refractivity contribution is -0.116. The van der Waals surface area contributed by atoms with Gasteiger partial charge in [-0.2, -0.15) is 0 Å². The molecule has 168 valence electrons. The molecule has 0 atom stereocenters. The van der Waals surface area contributed by atoms with Crippen molar-refractivity contribution in [3.63, 3.8) is 0 Å². The van der Waals surface area contributed by atoms with Gasteiger partial charge < -0.3 is 10.1 Å². The number of hydrogen-bond donors (Lipinski definition) is 2. The minimum atomic E-state index is -3.73. The Labute approximate surface area is 193 Å². The van der Waals surface area contributed by atoms with E-state index in [0.717, 1.165) is 11.1 Å². The molecule has 6 nitrogen and oxygen atoms in total. The molecule has 1 amide bonds. The number of anilines is 2. The fourth-order valence-electron chi connectivity index (χ4n) is 3.03. The Morgan fingerprint density at radius 2 is 1.66 bits per heavy atom. The Morgan fingerprint density at radius 3 is 2.31 bits per heavy atom. The molecule has 0 aliphatic rings. The summed E-state index contributed by atoms with van der Waals surface area (Å²) in [6.07, 6.45) is 0.822. The van der Waals surface area contributed by atoms with Crippen LogP contribution in [0.4, 0.5) is 11.4 Å². The normalized spacial score (nSPS) is 11.1. The third kappa shape index (κ3) is 6.73. The SMILES string of the molecule is Cc1ccc(NS(=O)(=O)c2ccc(NC(=O)CCCOc3ccc(Cl)cc3)cc2)c(C)c1. The zero-order valence-corrected chi connectivity index (χ0v) is 19.5. The number of hydrogen-bond acceptors (Lipinski definition) is 4. The Kier molecular flexibility index (Phi) is 7.77. The molecular weight excluding hydrogens is 448 g/mol. The van der Waals surface area contributed by atoms with Gasteiger partial charge in [0.05, 0.1) is 17.2 Å². The Morgan fingerprint density at radius 1 is 0.969 bits per heavy atom. The molecule has 8 heteroatoms. The molecule has 0 bridgehead atoms. The molecular formula is C24H25ClN2O4S. The molecule has 0 aliphatic heterocycles. The minimum Gasteiger partial charge on any atom is -0.494 e. The van der Waals surface area contributed by atoms with Gasteiger partial charge in [-0.1, -0.05) is 29.3 Å². The highest BCUT2D eigenvalue weighted by atomic mass is 35.5. The molecule has 0 aliphatic carbocycles. The molecule has 3 rings (SSSR count). The predicted molar refractivity (Wildman–Crippen MR) is 128 cm³/mol. The van der Waals surface area contributed by atoms with E-state index >= 15 is 0 Å². The van der Waals surface area contributed by atoms with Gasteiger partial charge in [0.1, 0.15) is 5.75 Å². The van der Waals surface area contributed by atoms with Crippen LogP contribution in [0.1, 0.15) is 24.0 Å². The van der Waals surface area contributed by atoms with Gasteiger partial charge in [-0.05, 0) is 80.4 Å². The van der Waals surface area contributed by atoms with Crippen LogP contribution in [-0.2, 0) is 14.8 Å². The molecule has 0 heterocycles. The zero-order chi connectivity index (χ0) is 23.1. The monoisotopic (exact) mass is 472 g/mol. The van der Waals surface area contributed by atoms with Crippen molar-refractivity contribution in [2.45, 2.75) is 31.6 Å². The minimum absolute atomic E-state index is 0.117. The van der Waals surface area contributed by atoms with Crippen LogP contribution in [0, 0.1) is 13.8 Å². The van der Waals surface area contributed by atoms with Gasteiger partial charge in [0.15, 0.2) is 0 Å². The number of amides is 1.